The van der Waals surface area contributed by atoms with Crippen molar-refractivity contribution in [1.29, 1.82) is 0 Å². The fourth-order valence-electron chi connectivity index (χ4n) is 2.49. The van der Waals surface area contributed by atoms with E-state index in [1.165, 1.54) is 0 Å². The fourth-order valence-corrected chi connectivity index (χ4v) is 2.57. The summed E-state index contributed by atoms with van der Waals surface area (Å²) in [7, 11) is 1.56. The third-order valence-corrected chi connectivity index (χ3v) is 3.81. The number of nitrogens with one attached hydrogen (secondary N) is 1. The van der Waals surface area contributed by atoms with Crippen LogP contribution in [0.15, 0.2) is 36.4 Å². The highest BCUT2D eigenvalue weighted by molar-refractivity contribution is 6.18. The molecule has 0 aliphatic carbocycles. The number of H-pyrrole nitrogens is 1. The average molecular weight is 344 g/mol. The van der Waals surface area contributed by atoms with E-state index in [4.69, 9.17) is 26.8 Å². The predicted octanol–water partition coefficient (Wildman–Crippen LogP) is 3.94. The molecule has 6 heteroatoms. The number of nitrogens with zero attached hydrogens (tertiary/aromatic N) is 1. The molecule has 3 aromatic rings. The smallest absolute Gasteiger partial charge is 0.184 e. The number of alkyl halides is 1. The molecule has 0 atom stereocenters. The van der Waals surface area contributed by atoms with Gasteiger partial charge in [0.2, 0.25) is 0 Å². The molecule has 0 saturated carbocycles. The number of hydrogen-bond acceptors (Lipinski definition) is 4. The molecule has 24 heavy (non-hydrogen) atoms. The molecule has 1 heterocycles. The Bertz CT molecular complexity index is 874. The number of nitrogen functional groups attached to an aromatic ring is 1. The lowest BCUT2D eigenvalue weighted by Gasteiger charge is -2.13. The number of fused-ring (bicyclic) bond motifs is 1. The van der Waals surface area contributed by atoms with Gasteiger partial charge >= 0.3 is 0 Å². The van der Waals surface area contributed by atoms with E-state index < -0.39 is 0 Å². The van der Waals surface area contributed by atoms with E-state index in [1.807, 2.05) is 48.6 Å². The lowest BCUT2D eigenvalue weighted by Crippen LogP contribution is -2.03. The molecule has 1 aromatic heterocycles. The first kappa shape index (κ1) is 16.2. The van der Waals surface area contributed by atoms with Gasteiger partial charge in [0.15, 0.2) is 11.5 Å². The summed E-state index contributed by atoms with van der Waals surface area (Å²) in [5, 5.41) is 8.38. The molecule has 0 saturated heterocycles. The number of methoxy groups -OCH3 is 1. The number of hydrogen-bond donors (Lipinski definition) is 2. The van der Waals surface area contributed by atoms with Crippen molar-refractivity contribution in [3.8, 4) is 11.5 Å². The van der Waals surface area contributed by atoms with Crippen molar-refractivity contribution >= 4 is 40.3 Å². The number of aromatic nitrogens is 2. The Morgan fingerprint density at radius 1 is 1.21 bits per heavy atom. The van der Waals surface area contributed by atoms with E-state index in [1.54, 1.807) is 7.11 Å². The largest absolute Gasteiger partial charge is 0.491 e. The summed E-state index contributed by atoms with van der Waals surface area (Å²) in [6, 6.07) is 11.7. The van der Waals surface area contributed by atoms with Crippen LogP contribution < -0.4 is 15.2 Å². The molecule has 0 fully saturated rings. The molecule has 0 amide bonds. The number of anilines is 1. The van der Waals surface area contributed by atoms with Gasteiger partial charge in [-0.25, -0.2) is 0 Å². The Morgan fingerprint density at radius 2 is 2.04 bits per heavy atom. The highest BCUT2D eigenvalue weighted by atomic mass is 35.5. The molecule has 0 aliphatic heterocycles. The van der Waals surface area contributed by atoms with Crippen LogP contribution in [0.5, 0.6) is 11.5 Å². The Hall–Kier alpha value is -2.66. The Morgan fingerprint density at radius 3 is 2.83 bits per heavy atom. The van der Waals surface area contributed by atoms with Crippen LogP contribution in [0.25, 0.3) is 23.1 Å². The first-order valence-electron chi connectivity index (χ1n) is 7.51. The lowest BCUT2D eigenvalue weighted by atomic mass is 10.1. The molecule has 0 aliphatic rings. The zero-order valence-electron chi connectivity index (χ0n) is 13.3. The Labute approximate surface area is 145 Å². The van der Waals surface area contributed by atoms with E-state index >= 15 is 0 Å². The van der Waals surface area contributed by atoms with E-state index in [2.05, 4.69) is 10.2 Å². The van der Waals surface area contributed by atoms with Crippen LogP contribution in [0, 0.1) is 0 Å². The molecule has 2 aromatic carbocycles. The SMILES string of the molecule is COc1c(OCCCl)ccc(/C=C/c2n[nH]c3ccccc23)c1N. The zero-order valence-corrected chi connectivity index (χ0v) is 14.0. The average Bonchev–Trinajstić information content (AvgIpc) is 3.02. The highest BCUT2D eigenvalue weighted by Gasteiger charge is 2.11. The summed E-state index contributed by atoms with van der Waals surface area (Å²) in [4.78, 5) is 0. The molecular formula is C18H18ClN3O2. The van der Waals surface area contributed by atoms with E-state index in [0.717, 1.165) is 22.2 Å². The van der Waals surface area contributed by atoms with Crippen molar-refractivity contribution in [2.24, 2.45) is 0 Å². The number of aromatic amines is 1. The number of ether oxygens (including phenoxy) is 2. The number of para-hydroxylation sites is 1. The quantitative estimate of drug-likeness (QED) is 0.525. The summed E-state index contributed by atoms with van der Waals surface area (Å²) in [6.07, 6.45) is 3.83. The van der Waals surface area contributed by atoms with Gasteiger partial charge in [-0.1, -0.05) is 24.3 Å². The predicted molar refractivity (Wildman–Crippen MR) is 98.6 cm³/mol. The van der Waals surface area contributed by atoms with Crippen molar-refractivity contribution in [2.75, 3.05) is 25.3 Å². The summed E-state index contributed by atoms with van der Waals surface area (Å²) >= 11 is 5.65. The summed E-state index contributed by atoms with van der Waals surface area (Å²) < 4.78 is 10.9. The van der Waals surface area contributed by atoms with Gasteiger partial charge in [0.05, 0.1) is 29.9 Å². The van der Waals surface area contributed by atoms with E-state index in [0.29, 0.717) is 29.7 Å². The van der Waals surface area contributed by atoms with Gasteiger partial charge in [-0.15, -0.1) is 11.6 Å². The van der Waals surface area contributed by atoms with Crippen molar-refractivity contribution in [3.63, 3.8) is 0 Å². The molecule has 124 valence electrons. The molecule has 3 rings (SSSR count). The maximum atomic E-state index is 6.20. The molecule has 0 radical (unpaired) electrons. The molecule has 0 bridgehead atoms. The van der Waals surface area contributed by atoms with Crippen molar-refractivity contribution in [3.05, 3.63) is 47.7 Å². The monoisotopic (exact) mass is 343 g/mol. The minimum absolute atomic E-state index is 0.395. The molecule has 0 unspecified atom stereocenters. The first-order valence-corrected chi connectivity index (χ1v) is 8.04. The third-order valence-electron chi connectivity index (χ3n) is 3.65. The van der Waals surface area contributed by atoms with Gasteiger partial charge in [0.25, 0.3) is 0 Å². The third kappa shape index (κ3) is 3.16. The van der Waals surface area contributed by atoms with Crippen LogP contribution in [0.1, 0.15) is 11.3 Å². The van der Waals surface area contributed by atoms with Crippen LogP contribution in [0.4, 0.5) is 5.69 Å². The number of benzene rings is 2. The van der Waals surface area contributed by atoms with E-state index in [-0.39, 0.29) is 0 Å². The van der Waals surface area contributed by atoms with Crippen LogP contribution in [-0.2, 0) is 0 Å². The fraction of sp³-hybridized carbons (Fsp3) is 0.167. The van der Waals surface area contributed by atoms with Crippen LogP contribution >= 0.6 is 11.6 Å². The van der Waals surface area contributed by atoms with Crippen molar-refractivity contribution in [2.45, 2.75) is 0 Å². The first-order chi connectivity index (χ1) is 11.7. The second-order valence-electron chi connectivity index (χ2n) is 5.13. The molecule has 0 spiro atoms. The van der Waals surface area contributed by atoms with E-state index in [9.17, 15) is 0 Å². The van der Waals surface area contributed by atoms with Gasteiger partial charge in [-0.2, -0.15) is 5.10 Å². The molecular weight excluding hydrogens is 326 g/mol. The summed E-state index contributed by atoms with van der Waals surface area (Å²) in [5.74, 6) is 1.49. The van der Waals surface area contributed by atoms with Gasteiger partial charge in [-0.05, 0) is 24.3 Å². The van der Waals surface area contributed by atoms with Gasteiger partial charge < -0.3 is 15.2 Å². The Balaban J connectivity index is 1.92. The second-order valence-corrected chi connectivity index (χ2v) is 5.50. The van der Waals surface area contributed by atoms with Crippen molar-refractivity contribution < 1.29 is 9.47 Å². The Kier molecular flexibility index (Phi) is 4.91. The molecule has 5 nitrogen and oxygen atoms in total. The van der Waals surface area contributed by atoms with Gasteiger partial charge in [-0.3, -0.25) is 5.10 Å². The maximum Gasteiger partial charge on any atom is 0.184 e. The van der Waals surface area contributed by atoms with Crippen molar-refractivity contribution in [1.82, 2.24) is 10.2 Å². The maximum absolute atomic E-state index is 6.20. The number of nitrogens with two attached hydrogens (primary N) is 1. The zero-order chi connectivity index (χ0) is 16.9. The van der Waals surface area contributed by atoms with Crippen LogP contribution in [0.3, 0.4) is 0 Å². The van der Waals surface area contributed by atoms with Crippen LogP contribution in [0.2, 0.25) is 0 Å². The second kappa shape index (κ2) is 7.27. The number of halogens is 1. The normalized spacial score (nSPS) is 11.2. The van der Waals surface area contributed by atoms with Crippen LogP contribution in [-0.4, -0.2) is 29.8 Å². The van der Waals surface area contributed by atoms with Gasteiger partial charge in [0, 0.05) is 10.9 Å². The molecule has 3 N–H and O–H groups in total. The number of rotatable bonds is 6. The topological polar surface area (TPSA) is 73.2 Å². The standard InChI is InChI=1S/C18H18ClN3O2/c1-23-18-16(24-11-10-19)9-7-12(17(18)20)6-8-15-13-4-2-3-5-14(13)21-22-15/h2-9H,10-11,20H2,1H3,(H,21,22)/b8-6+. The summed E-state index contributed by atoms with van der Waals surface area (Å²) in [5.41, 5.74) is 9.39. The lowest BCUT2D eigenvalue weighted by molar-refractivity contribution is 0.313. The highest BCUT2D eigenvalue weighted by Crippen LogP contribution is 2.36. The minimum atomic E-state index is 0.395. The minimum Gasteiger partial charge on any atom is -0.491 e. The van der Waals surface area contributed by atoms with Gasteiger partial charge in [0.1, 0.15) is 6.61 Å². The summed E-state index contributed by atoms with van der Waals surface area (Å²) in [6.45, 7) is 0.395.